The van der Waals surface area contributed by atoms with Crippen LogP contribution in [0.4, 0.5) is 4.39 Å². The fourth-order valence-electron chi connectivity index (χ4n) is 3.01. The molecule has 1 N–H and O–H groups in total. The van der Waals surface area contributed by atoms with Crippen molar-refractivity contribution in [3.63, 3.8) is 0 Å². The smallest absolute Gasteiger partial charge is 0.240 e. The average molecular weight is 342 g/mol. The van der Waals surface area contributed by atoms with E-state index in [9.17, 15) is 17.6 Å². The lowest BCUT2D eigenvalue weighted by molar-refractivity contribution is -0.133. The number of amides is 1. The molecule has 1 aliphatic heterocycles. The first-order valence-electron chi connectivity index (χ1n) is 7.81. The molecule has 23 heavy (non-hydrogen) atoms. The molecule has 0 saturated carbocycles. The minimum absolute atomic E-state index is 0.00781. The van der Waals surface area contributed by atoms with E-state index in [-0.39, 0.29) is 23.8 Å². The van der Waals surface area contributed by atoms with Crippen LogP contribution >= 0.6 is 0 Å². The largest absolute Gasteiger partial charge is 0.342 e. The molecule has 0 unspecified atom stereocenters. The molecule has 1 aromatic rings. The first-order chi connectivity index (χ1) is 10.8. The van der Waals surface area contributed by atoms with Gasteiger partial charge in [-0.1, -0.05) is 13.8 Å². The van der Waals surface area contributed by atoms with Crippen LogP contribution in [0, 0.1) is 17.7 Å². The van der Waals surface area contributed by atoms with Crippen LogP contribution in [0.5, 0.6) is 0 Å². The number of rotatable bonds is 5. The molecule has 7 heteroatoms. The second-order valence-electron chi connectivity index (χ2n) is 6.35. The van der Waals surface area contributed by atoms with Crippen molar-refractivity contribution in [1.29, 1.82) is 0 Å². The Morgan fingerprint density at radius 2 is 1.78 bits per heavy atom. The number of likely N-dealkylation sites (tertiary alicyclic amines) is 1. The quantitative estimate of drug-likeness (QED) is 0.890. The molecule has 128 valence electrons. The SMILES string of the molecule is C[C@H]1C[C@H](C)CN(C(=O)CCNS(=O)(=O)c2ccc(F)cc2)C1. The summed E-state index contributed by atoms with van der Waals surface area (Å²) in [6, 6.07) is 4.59. The molecule has 0 radical (unpaired) electrons. The zero-order valence-corrected chi connectivity index (χ0v) is 14.3. The number of halogens is 1. The number of nitrogens with one attached hydrogen (secondary N) is 1. The van der Waals surface area contributed by atoms with Gasteiger partial charge in [-0.05, 0) is 42.5 Å². The number of hydrogen-bond acceptors (Lipinski definition) is 3. The van der Waals surface area contributed by atoms with Crippen LogP contribution in [-0.4, -0.2) is 38.9 Å². The Hall–Kier alpha value is -1.47. The third kappa shape index (κ3) is 5.00. The lowest BCUT2D eigenvalue weighted by Gasteiger charge is -2.35. The van der Waals surface area contributed by atoms with Crippen LogP contribution in [-0.2, 0) is 14.8 Å². The minimum Gasteiger partial charge on any atom is -0.342 e. The van der Waals surface area contributed by atoms with Crippen molar-refractivity contribution in [2.45, 2.75) is 31.6 Å². The van der Waals surface area contributed by atoms with Gasteiger partial charge in [-0.2, -0.15) is 0 Å². The van der Waals surface area contributed by atoms with E-state index in [1.807, 2.05) is 4.90 Å². The summed E-state index contributed by atoms with van der Waals surface area (Å²) in [7, 11) is -3.71. The summed E-state index contributed by atoms with van der Waals surface area (Å²) >= 11 is 0. The topological polar surface area (TPSA) is 66.5 Å². The monoisotopic (exact) mass is 342 g/mol. The van der Waals surface area contributed by atoms with Crippen molar-refractivity contribution in [1.82, 2.24) is 9.62 Å². The Morgan fingerprint density at radius 3 is 2.35 bits per heavy atom. The van der Waals surface area contributed by atoms with Gasteiger partial charge in [-0.3, -0.25) is 4.79 Å². The Labute approximate surface area is 136 Å². The number of nitrogens with zero attached hydrogens (tertiary/aromatic N) is 1. The van der Waals surface area contributed by atoms with Crippen LogP contribution in [0.1, 0.15) is 26.7 Å². The highest BCUT2D eigenvalue weighted by atomic mass is 32.2. The van der Waals surface area contributed by atoms with Crippen molar-refractivity contribution in [3.8, 4) is 0 Å². The first kappa shape index (κ1) is 17.9. The Bertz CT molecular complexity index is 636. The lowest BCUT2D eigenvalue weighted by atomic mass is 9.92. The summed E-state index contributed by atoms with van der Waals surface area (Å²) < 4.78 is 39.3. The number of carbonyl (C=O) groups excluding carboxylic acids is 1. The van der Waals surface area contributed by atoms with E-state index >= 15 is 0 Å². The van der Waals surface area contributed by atoms with Crippen molar-refractivity contribution in [3.05, 3.63) is 30.1 Å². The van der Waals surface area contributed by atoms with Crippen LogP contribution in [0.25, 0.3) is 0 Å². The summed E-state index contributed by atoms with van der Waals surface area (Å²) in [4.78, 5) is 14.0. The molecule has 0 aromatic heterocycles. The molecule has 5 nitrogen and oxygen atoms in total. The number of carbonyl (C=O) groups is 1. The second kappa shape index (κ2) is 7.40. The van der Waals surface area contributed by atoms with E-state index in [1.165, 1.54) is 12.1 Å². The number of sulfonamides is 1. The van der Waals surface area contributed by atoms with Gasteiger partial charge in [-0.15, -0.1) is 0 Å². The van der Waals surface area contributed by atoms with Crippen molar-refractivity contribution < 1.29 is 17.6 Å². The van der Waals surface area contributed by atoms with Crippen LogP contribution in [0.15, 0.2) is 29.2 Å². The van der Waals surface area contributed by atoms with Crippen LogP contribution < -0.4 is 4.72 Å². The van der Waals surface area contributed by atoms with Crippen molar-refractivity contribution in [2.75, 3.05) is 19.6 Å². The molecule has 1 aromatic carbocycles. The fraction of sp³-hybridized carbons (Fsp3) is 0.562. The number of benzene rings is 1. The normalized spacial score (nSPS) is 22.1. The van der Waals surface area contributed by atoms with Crippen molar-refractivity contribution >= 4 is 15.9 Å². The van der Waals surface area contributed by atoms with Gasteiger partial charge in [-0.25, -0.2) is 17.5 Å². The van der Waals surface area contributed by atoms with E-state index < -0.39 is 15.8 Å². The van der Waals surface area contributed by atoms with Crippen LogP contribution in [0.2, 0.25) is 0 Å². The third-order valence-electron chi connectivity index (χ3n) is 3.98. The van der Waals surface area contributed by atoms with E-state index in [0.29, 0.717) is 11.8 Å². The minimum atomic E-state index is -3.71. The molecule has 2 rings (SSSR count). The molecular formula is C16H23FN2O3S. The maximum atomic E-state index is 12.8. The molecule has 0 aliphatic carbocycles. The summed E-state index contributed by atoms with van der Waals surface area (Å²) in [5, 5.41) is 0. The van der Waals surface area contributed by atoms with Gasteiger partial charge in [0.25, 0.3) is 0 Å². The molecule has 0 bridgehead atoms. The van der Waals surface area contributed by atoms with Gasteiger partial charge in [0.15, 0.2) is 0 Å². The average Bonchev–Trinajstić information content (AvgIpc) is 2.46. The standard InChI is InChI=1S/C16H23FN2O3S/c1-12-9-13(2)11-19(10-12)16(20)7-8-18-23(21,22)15-5-3-14(17)4-6-15/h3-6,12-13,18H,7-11H2,1-2H3/t12-,13-/m0/s1. The zero-order chi connectivity index (χ0) is 17.0. The Kier molecular flexibility index (Phi) is 5.75. The lowest BCUT2D eigenvalue weighted by Crippen LogP contribution is -2.43. The summed E-state index contributed by atoms with van der Waals surface area (Å²) in [6.07, 6.45) is 1.24. The molecule has 0 spiro atoms. The fourth-order valence-corrected chi connectivity index (χ4v) is 4.05. The van der Waals surface area contributed by atoms with E-state index in [4.69, 9.17) is 0 Å². The molecule has 2 atom stereocenters. The van der Waals surface area contributed by atoms with Gasteiger partial charge in [0, 0.05) is 26.1 Å². The second-order valence-corrected chi connectivity index (χ2v) is 8.11. The molecular weight excluding hydrogens is 319 g/mol. The predicted molar refractivity (Wildman–Crippen MR) is 85.7 cm³/mol. The molecule has 1 saturated heterocycles. The van der Waals surface area contributed by atoms with Gasteiger partial charge in [0.05, 0.1) is 4.90 Å². The predicted octanol–water partition coefficient (Wildman–Crippen LogP) is 2.00. The maximum absolute atomic E-state index is 12.8. The Morgan fingerprint density at radius 1 is 1.22 bits per heavy atom. The highest BCUT2D eigenvalue weighted by Crippen LogP contribution is 2.21. The summed E-state index contributed by atoms with van der Waals surface area (Å²) in [5.74, 6) is 0.412. The van der Waals surface area contributed by atoms with Gasteiger partial charge < -0.3 is 4.90 Å². The van der Waals surface area contributed by atoms with Gasteiger partial charge >= 0.3 is 0 Å². The summed E-state index contributed by atoms with van der Waals surface area (Å²) in [5.41, 5.74) is 0. The highest BCUT2D eigenvalue weighted by molar-refractivity contribution is 7.89. The van der Waals surface area contributed by atoms with Gasteiger partial charge in [0.2, 0.25) is 15.9 Å². The number of hydrogen-bond donors (Lipinski definition) is 1. The Balaban J connectivity index is 1.86. The number of piperidine rings is 1. The molecule has 1 heterocycles. The third-order valence-corrected chi connectivity index (χ3v) is 5.45. The molecule has 1 fully saturated rings. The van der Waals surface area contributed by atoms with Crippen LogP contribution in [0.3, 0.4) is 0 Å². The first-order valence-corrected chi connectivity index (χ1v) is 9.29. The van der Waals surface area contributed by atoms with E-state index in [2.05, 4.69) is 18.6 Å². The van der Waals surface area contributed by atoms with Crippen molar-refractivity contribution in [2.24, 2.45) is 11.8 Å². The maximum Gasteiger partial charge on any atom is 0.240 e. The van der Waals surface area contributed by atoms with E-state index in [1.54, 1.807) is 0 Å². The highest BCUT2D eigenvalue weighted by Gasteiger charge is 2.25. The zero-order valence-electron chi connectivity index (χ0n) is 13.5. The molecule has 1 aliphatic rings. The van der Waals surface area contributed by atoms with Gasteiger partial charge in [0.1, 0.15) is 5.82 Å². The summed E-state index contributed by atoms with van der Waals surface area (Å²) in [6.45, 7) is 5.74. The van der Waals surface area contributed by atoms with E-state index in [0.717, 1.165) is 31.6 Å². The molecule has 1 amide bonds.